The Morgan fingerprint density at radius 1 is 1.05 bits per heavy atom. The lowest BCUT2D eigenvalue weighted by Crippen LogP contribution is -2.01. The van der Waals surface area contributed by atoms with E-state index in [2.05, 4.69) is 33.5 Å². The van der Waals surface area contributed by atoms with E-state index in [1.807, 2.05) is 67.3 Å². The minimum Gasteiger partial charge on any atom is -0.487 e. The Labute approximate surface area is 233 Å². The van der Waals surface area contributed by atoms with Crippen LogP contribution in [0.1, 0.15) is 11.3 Å². The van der Waals surface area contributed by atoms with E-state index in [-0.39, 0.29) is 6.61 Å². The number of aryl methyl sites for hydroxylation is 2. The summed E-state index contributed by atoms with van der Waals surface area (Å²) in [5.41, 5.74) is 5.59. The number of ether oxygens (including phenoxy) is 1. The number of fused-ring (bicyclic) bond motifs is 1. The fraction of sp³-hybridized carbons (Fsp3) is 0.103. The Balaban J connectivity index is 1.30. The van der Waals surface area contributed by atoms with Crippen LogP contribution >= 0.6 is 34.7 Å². The third kappa shape index (κ3) is 4.90. The normalized spacial score (nSPS) is 11.2. The molecule has 0 aliphatic heterocycles. The van der Waals surface area contributed by atoms with E-state index in [4.69, 9.17) is 26.3 Å². The molecule has 2 aromatic carbocycles. The molecule has 0 saturated carbocycles. The van der Waals surface area contributed by atoms with Gasteiger partial charge in [-0.25, -0.2) is 15.0 Å². The van der Waals surface area contributed by atoms with Gasteiger partial charge in [-0.15, -0.1) is 11.3 Å². The Kier molecular flexibility index (Phi) is 6.84. The summed E-state index contributed by atoms with van der Waals surface area (Å²) in [5.74, 6) is 1.57. The first-order valence-electron chi connectivity index (χ1n) is 11.9. The van der Waals surface area contributed by atoms with Crippen LogP contribution in [0, 0.1) is 6.92 Å². The Morgan fingerprint density at radius 2 is 1.92 bits per heavy atom. The first-order valence-corrected chi connectivity index (χ1v) is 14.0. The molecule has 0 fully saturated rings. The smallest absolute Gasteiger partial charge is 0.155 e. The second kappa shape index (κ2) is 10.6. The van der Waals surface area contributed by atoms with Gasteiger partial charge in [0.1, 0.15) is 23.7 Å². The molecule has 0 aliphatic rings. The van der Waals surface area contributed by atoms with Crippen LogP contribution in [-0.2, 0) is 13.7 Å². The molecular weight excluding hydrogens is 534 g/mol. The van der Waals surface area contributed by atoms with E-state index in [1.165, 1.54) is 0 Å². The SMILES string of the molecule is Cc1cc(-c2nccn2C)c2cccc(OCc3c(Cl)cncc3Sc3nc(-c4ccccc4)cs3)c2n1. The summed E-state index contributed by atoms with van der Waals surface area (Å²) in [6.45, 7) is 2.25. The van der Waals surface area contributed by atoms with E-state index in [9.17, 15) is 0 Å². The molecule has 4 aromatic heterocycles. The van der Waals surface area contributed by atoms with Crippen molar-refractivity contribution in [2.75, 3.05) is 0 Å². The fourth-order valence-corrected chi connectivity index (χ4v) is 6.40. The molecule has 6 aromatic rings. The van der Waals surface area contributed by atoms with Gasteiger partial charge < -0.3 is 9.30 Å². The van der Waals surface area contributed by atoms with Crippen molar-refractivity contribution in [1.82, 2.24) is 24.5 Å². The lowest BCUT2D eigenvalue weighted by molar-refractivity contribution is 0.306. The van der Waals surface area contributed by atoms with E-state index in [0.717, 1.165) is 54.0 Å². The summed E-state index contributed by atoms with van der Waals surface area (Å²) in [6.07, 6.45) is 7.19. The van der Waals surface area contributed by atoms with E-state index in [1.54, 1.807) is 35.5 Å². The van der Waals surface area contributed by atoms with E-state index in [0.29, 0.717) is 10.8 Å². The second-order valence-corrected chi connectivity index (χ2v) is 11.2. The third-order valence-corrected chi connectivity index (χ3v) is 8.42. The maximum Gasteiger partial charge on any atom is 0.155 e. The molecule has 6 nitrogen and oxygen atoms in total. The molecular formula is C29H22ClN5OS2. The number of hydrogen-bond donors (Lipinski definition) is 0. The fourth-order valence-electron chi connectivity index (χ4n) is 4.24. The number of thiazole rings is 1. The van der Waals surface area contributed by atoms with Crippen molar-refractivity contribution in [2.45, 2.75) is 22.8 Å². The number of hydrogen-bond acceptors (Lipinski definition) is 7. The molecule has 0 radical (unpaired) electrons. The molecule has 188 valence electrons. The quantitative estimate of drug-likeness (QED) is 0.200. The van der Waals surface area contributed by atoms with Crippen LogP contribution in [0.3, 0.4) is 0 Å². The van der Waals surface area contributed by atoms with Gasteiger partial charge in [0.05, 0.1) is 10.7 Å². The summed E-state index contributed by atoms with van der Waals surface area (Å²) in [7, 11) is 1.99. The van der Waals surface area contributed by atoms with Gasteiger partial charge in [0.2, 0.25) is 0 Å². The second-order valence-electron chi connectivity index (χ2n) is 8.68. The molecule has 9 heteroatoms. The standard InChI is InChI=1S/C29H22ClN5OS2/c1-18-13-21(28-32-11-12-35(28)2)20-9-6-10-25(27(20)33-18)36-16-22-23(30)14-31-15-26(22)38-29-34-24(17-37-29)19-7-4-3-5-8-19/h3-15,17H,16H2,1-2H3. The number of para-hydroxylation sites is 1. The largest absolute Gasteiger partial charge is 0.487 e. The third-order valence-electron chi connectivity index (χ3n) is 6.08. The first-order chi connectivity index (χ1) is 18.6. The number of halogens is 1. The van der Waals surface area contributed by atoms with Gasteiger partial charge in [-0.2, -0.15) is 0 Å². The minimum absolute atomic E-state index is 0.271. The molecule has 0 N–H and O–H groups in total. The maximum atomic E-state index is 6.62. The Hall–Kier alpha value is -3.72. The molecule has 0 atom stereocenters. The summed E-state index contributed by atoms with van der Waals surface area (Å²) < 4.78 is 9.28. The maximum absolute atomic E-state index is 6.62. The monoisotopic (exact) mass is 555 g/mol. The number of benzene rings is 2. The van der Waals surface area contributed by atoms with Crippen molar-refractivity contribution in [3.8, 4) is 28.4 Å². The number of pyridine rings is 2. The lowest BCUT2D eigenvalue weighted by Gasteiger charge is -2.14. The van der Waals surface area contributed by atoms with Gasteiger partial charge in [0.25, 0.3) is 0 Å². The highest BCUT2D eigenvalue weighted by Crippen LogP contribution is 2.38. The van der Waals surface area contributed by atoms with Crippen molar-refractivity contribution >= 4 is 45.6 Å². The lowest BCUT2D eigenvalue weighted by atomic mass is 10.1. The molecule has 0 amide bonds. The number of imidazole rings is 1. The summed E-state index contributed by atoms with van der Waals surface area (Å²) in [6, 6.07) is 18.2. The van der Waals surface area contributed by atoms with Gasteiger partial charge in [-0.3, -0.25) is 4.98 Å². The van der Waals surface area contributed by atoms with Crippen molar-refractivity contribution in [2.24, 2.45) is 7.05 Å². The number of nitrogens with zero attached hydrogens (tertiary/aromatic N) is 5. The van der Waals surface area contributed by atoms with Crippen LogP contribution in [0.25, 0.3) is 33.5 Å². The number of rotatable bonds is 7. The molecule has 0 bridgehead atoms. The van der Waals surface area contributed by atoms with Crippen LogP contribution in [0.5, 0.6) is 5.75 Å². The zero-order valence-corrected chi connectivity index (χ0v) is 23.0. The van der Waals surface area contributed by atoms with Gasteiger partial charge in [-0.1, -0.05) is 65.8 Å². The van der Waals surface area contributed by atoms with Crippen LogP contribution < -0.4 is 4.74 Å². The highest BCUT2D eigenvalue weighted by molar-refractivity contribution is 8.01. The summed E-state index contributed by atoms with van der Waals surface area (Å²) in [5, 5.41) is 3.59. The van der Waals surface area contributed by atoms with Gasteiger partial charge in [0, 0.05) is 69.9 Å². The van der Waals surface area contributed by atoms with Gasteiger partial charge in [-0.05, 0) is 19.1 Å². The van der Waals surface area contributed by atoms with Crippen molar-refractivity contribution in [3.63, 3.8) is 0 Å². The average Bonchev–Trinajstić information content (AvgIpc) is 3.57. The van der Waals surface area contributed by atoms with Crippen LogP contribution in [0.2, 0.25) is 5.02 Å². The van der Waals surface area contributed by atoms with Crippen LogP contribution in [-0.4, -0.2) is 24.5 Å². The van der Waals surface area contributed by atoms with E-state index >= 15 is 0 Å². The van der Waals surface area contributed by atoms with E-state index < -0.39 is 0 Å². The molecule has 0 saturated heterocycles. The van der Waals surface area contributed by atoms with Gasteiger partial charge >= 0.3 is 0 Å². The highest BCUT2D eigenvalue weighted by Gasteiger charge is 2.16. The molecule has 4 heterocycles. The van der Waals surface area contributed by atoms with Crippen molar-refractivity contribution in [1.29, 1.82) is 0 Å². The molecule has 38 heavy (non-hydrogen) atoms. The topological polar surface area (TPSA) is 65.7 Å². The molecule has 6 rings (SSSR count). The van der Waals surface area contributed by atoms with Crippen molar-refractivity contribution in [3.05, 3.63) is 101 Å². The predicted octanol–water partition coefficient (Wildman–Crippen LogP) is 7.85. The molecule has 0 unspecified atom stereocenters. The number of aromatic nitrogens is 5. The van der Waals surface area contributed by atoms with Crippen LogP contribution in [0.15, 0.2) is 94.0 Å². The molecule has 0 aliphatic carbocycles. The Morgan fingerprint density at radius 3 is 2.74 bits per heavy atom. The molecule has 0 spiro atoms. The minimum atomic E-state index is 0.271. The summed E-state index contributed by atoms with van der Waals surface area (Å²) in [4.78, 5) is 19.4. The van der Waals surface area contributed by atoms with Gasteiger partial charge in [0.15, 0.2) is 4.34 Å². The predicted molar refractivity (Wildman–Crippen MR) is 154 cm³/mol. The average molecular weight is 556 g/mol. The first kappa shape index (κ1) is 24.6. The van der Waals surface area contributed by atoms with Crippen LogP contribution in [0.4, 0.5) is 0 Å². The zero-order chi connectivity index (χ0) is 26.1. The summed E-state index contributed by atoms with van der Waals surface area (Å²) >= 11 is 9.75. The zero-order valence-electron chi connectivity index (χ0n) is 20.6. The Bertz CT molecular complexity index is 1750. The highest BCUT2D eigenvalue weighted by atomic mass is 35.5. The van der Waals surface area contributed by atoms with Crippen molar-refractivity contribution < 1.29 is 4.74 Å².